The van der Waals surface area contributed by atoms with Crippen LogP contribution >= 0.6 is 0 Å². The summed E-state index contributed by atoms with van der Waals surface area (Å²) in [5.41, 5.74) is 3.59. The fourth-order valence-corrected chi connectivity index (χ4v) is 3.54. The number of nitrogens with zero attached hydrogens (tertiary/aromatic N) is 4. The Morgan fingerprint density at radius 1 is 0.933 bits per heavy atom. The second-order valence-electron chi connectivity index (χ2n) is 7.20. The summed E-state index contributed by atoms with van der Waals surface area (Å²) in [6.07, 6.45) is 0. The molecule has 0 spiro atoms. The highest BCUT2D eigenvalue weighted by atomic mass is 16.5. The normalized spacial score (nSPS) is 13.8. The fraction of sp³-hybridized carbons (Fsp3) is 0.261. The molecule has 1 aliphatic heterocycles. The van der Waals surface area contributed by atoms with Crippen molar-refractivity contribution < 1.29 is 9.53 Å². The highest BCUT2D eigenvalue weighted by molar-refractivity contribution is 5.90. The second-order valence-corrected chi connectivity index (χ2v) is 7.20. The summed E-state index contributed by atoms with van der Waals surface area (Å²) in [6.45, 7) is 4.68. The molecule has 3 aromatic rings. The molecule has 0 saturated carbocycles. The minimum absolute atomic E-state index is 0.0680. The smallest absolute Gasteiger partial charge is 0.321 e. The van der Waals surface area contributed by atoms with E-state index in [1.54, 1.807) is 7.11 Å². The zero-order valence-electron chi connectivity index (χ0n) is 17.2. The van der Waals surface area contributed by atoms with Gasteiger partial charge in [-0.1, -0.05) is 30.3 Å². The third-order valence-electron chi connectivity index (χ3n) is 5.31. The Morgan fingerprint density at radius 2 is 1.67 bits per heavy atom. The fourth-order valence-electron chi connectivity index (χ4n) is 3.54. The second kappa shape index (κ2) is 8.82. The molecule has 1 N–H and O–H groups in total. The number of hydrogen-bond donors (Lipinski definition) is 1. The van der Waals surface area contributed by atoms with Crippen LogP contribution in [0, 0.1) is 6.92 Å². The van der Waals surface area contributed by atoms with Crippen LogP contribution in [0.15, 0.2) is 60.7 Å². The highest BCUT2D eigenvalue weighted by Gasteiger charge is 2.22. The number of ether oxygens (including phenoxy) is 1. The summed E-state index contributed by atoms with van der Waals surface area (Å²) < 4.78 is 5.41. The van der Waals surface area contributed by atoms with Gasteiger partial charge in [-0.15, -0.1) is 10.2 Å². The number of piperazine rings is 1. The van der Waals surface area contributed by atoms with Crippen molar-refractivity contribution in [2.24, 2.45) is 0 Å². The lowest BCUT2D eigenvalue weighted by Crippen LogP contribution is -2.50. The number of rotatable bonds is 4. The third kappa shape index (κ3) is 4.20. The minimum Gasteiger partial charge on any atom is -0.496 e. The summed E-state index contributed by atoms with van der Waals surface area (Å²) >= 11 is 0. The lowest BCUT2D eigenvalue weighted by atomic mass is 10.1. The maximum atomic E-state index is 12.6. The number of carbonyl (C=O) groups excluding carboxylic acids is 1. The maximum Gasteiger partial charge on any atom is 0.321 e. The number of benzene rings is 2. The van der Waals surface area contributed by atoms with Crippen LogP contribution in [-0.2, 0) is 0 Å². The van der Waals surface area contributed by atoms with Gasteiger partial charge < -0.3 is 19.9 Å². The number of methoxy groups -OCH3 is 1. The van der Waals surface area contributed by atoms with E-state index >= 15 is 0 Å². The van der Waals surface area contributed by atoms with E-state index in [0.717, 1.165) is 34.1 Å². The van der Waals surface area contributed by atoms with Gasteiger partial charge in [0.05, 0.1) is 12.8 Å². The average Bonchev–Trinajstić information content (AvgIpc) is 2.81. The van der Waals surface area contributed by atoms with Gasteiger partial charge in [0.2, 0.25) is 0 Å². The molecule has 2 aromatic carbocycles. The van der Waals surface area contributed by atoms with E-state index in [4.69, 9.17) is 4.74 Å². The molecule has 7 heteroatoms. The number of para-hydroxylation sites is 2. The van der Waals surface area contributed by atoms with Crippen LogP contribution in [0.4, 0.5) is 16.3 Å². The van der Waals surface area contributed by atoms with Crippen molar-refractivity contribution in [1.29, 1.82) is 0 Å². The van der Waals surface area contributed by atoms with Crippen molar-refractivity contribution in [2.75, 3.05) is 43.5 Å². The lowest BCUT2D eigenvalue weighted by Gasteiger charge is -2.35. The Bertz CT molecular complexity index is 1010. The molecule has 2 amide bonds. The average molecular weight is 403 g/mol. The van der Waals surface area contributed by atoms with Gasteiger partial charge in [-0.25, -0.2) is 4.79 Å². The number of amides is 2. The zero-order chi connectivity index (χ0) is 20.9. The van der Waals surface area contributed by atoms with Crippen LogP contribution in [-0.4, -0.2) is 54.4 Å². The first-order valence-electron chi connectivity index (χ1n) is 9.99. The molecule has 30 heavy (non-hydrogen) atoms. The van der Waals surface area contributed by atoms with E-state index in [-0.39, 0.29) is 6.03 Å². The molecule has 1 saturated heterocycles. The van der Waals surface area contributed by atoms with Crippen LogP contribution in [0.3, 0.4) is 0 Å². The van der Waals surface area contributed by atoms with Gasteiger partial charge in [-0.05, 0) is 42.8 Å². The van der Waals surface area contributed by atoms with Crippen molar-refractivity contribution >= 4 is 17.5 Å². The molecule has 7 nitrogen and oxygen atoms in total. The number of hydrogen-bond acceptors (Lipinski definition) is 5. The van der Waals surface area contributed by atoms with E-state index in [2.05, 4.69) is 20.4 Å². The standard InChI is InChI=1S/C23H25N5O2/c1-17-7-3-5-9-19(17)24-23(29)28-15-13-27(14-16-28)22-12-11-20(25-26-22)18-8-4-6-10-21(18)30-2/h3-12H,13-16H2,1-2H3,(H,24,29). The first-order chi connectivity index (χ1) is 14.7. The third-order valence-corrected chi connectivity index (χ3v) is 5.31. The molecule has 4 rings (SSSR count). The Hall–Kier alpha value is -3.61. The van der Waals surface area contributed by atoms with Crippen LogP contribution in [0.25, 0.3) is 11.3 Å². The van der Waals surface area contributed by atoms with Crippen LogP contribution in [0.5, 0.6) is 5.75 Å². The van der Waals surface area contributed by atoms with Gasteiger partial charge >= 0.3 is 6.03 Å². The van der Waals surface area contributed by atoms with E-state index in [9.17, 15) is 4.79 Å². The monoisotopic (exact) mass is 403 g/mol. The van der Waals surface area contributed by atoms with Gasteiger partial charge in [0, 0.05) is 37.4 Å². The molecule has 1 aliphatic rings. The van der Waals surface area contributed by atoms with Gasteiger partial charge in [0.1, 0.15) is 5.75 Å². The van der Waals surface area contributed by atoms with Crippen molar-refractivity contribution in [3.05, 3.63) is 66.2 Å². The van der Waals surface area contributed by atoms with E-state index in [0.29, 0.717) is 26.2 Å². The molecular weight excluding hydrogens is 378 g/mol. The van der Waals surface area contributed by atoms with Crippen molar-refractivity contribution in [3.8, 4) is 17.0 Å². The quantitative estimate of drug-likeness (QED) is 0.717. The topological polar surface area (TPSA) is 70.6 Å². The molecule has 2 heterocycles. The SMILES string of the molecule is COc1ccccc1-c1ccc(N2CCN(C(=O)Nc3ccccc3C)CC2)nn1. The highest BCUT2D eigenvalue weighted by Crippen LogP contribution is 2.28. The van der Waals surface area contributed by atoms with E-state index < -0.39 is 0 Å². The Morgan fingerprint density at radius 3 is 2.37 bits per heavy atom. The molecule has 0 unspecified atom stereocenters. The molecule has 0 atom stereocenters. The number of urea groups is 1. The molecule has 1 fully saturated rings. The summed E-state index contributed by atoms with van der Waals surface area (Å²) in [7, 11) is 1.65. The van der Waals surface area contributed by atoms with Crippen LogP contribution < -0.4 is 15.0 Å². The summed E-state index contributed by atoms with van der Waals surface area (Å²) in [5.74, 6) is 1.58. The van der Waals surface area contributed by atoms with Gasteiger partial charge in [0.15, 0.2) is 5.82 Å². The molecule has 0 radical (unpaired) electrons. The van der Waals surface area contributed by atoms with E-state index in [1.807, 2.05) is 72.5 Å². The Balaban J connectivity index is 1.37. The van der Waals surface area contributed by atoms with Gasteiger partial charge in [0.25, 0.3) is 0 Å². The van der Waals surface area contributed by atoms with Crippen molar-refractivity contribution in [3.63, 3.8) is 0 Å². The molecule has 1 aromatic heterocycles. The zero-order valence-corrected chi connectivity index (χ0v) is 17.2. The first kappa shape index (κ1) is 19.7. The van der Waals surface area contributed by atoms with Crippen molar-refractivity contribution in [1.82, 2.24) is 15.1 Å². The minimum atomic E-state index is -0.0680. The summed E-state index contributed by atoms with van der Waals surface area (Å²) in [4.78, 5) is 16.6. The summed E-state index contributed by atoms with van der Waals surface area (Å²) in [5, 5.41) is 11.8. The first-order valence-corrected chi connectivity index (χ1v) is 9.99. The number of anilines is 2. The van der Waals surface area contributed by atoms with Gasteiger partial charge in [-0.2, -0.15) is 0 Å². The van der Waals surface area contributed by atoms with Crippen LogP contribution in [0.1, 0.15) is 5.56 Å². The number of aromatic nitrogens is 2. The largest absolute Gasteiger partial charge is 0.496 e. The summed E-state index contributed by atoms with van der Waals surface area (Å²) in [6, 6.07) is 19.4. The molecular formula is C23H25N5O2. The van der Waals surface area contributed by atoms with Crippen LogP contribution in [0.2, 0.25) is 0 Å². The molecule has 0 aliphatic carbocycles. The molecule has 0 bridgehead atoms. The number of aryl methyl sites for hydroxylation is 1. The number of carbonyl (C=O) groups is 1. The van der Waals surface area contributed by atoms with E-state index in [1.165, 1.54) is 0 Å². The van der Waals surface area contributed by atoms with Gasteiger partial charge in [-0.3, -0.25) is 0 Å². The number of nitrogens with one attached hydrogen (secondary N) is 1. The predicted octanol–water partition coefficient (Wildman–Crippen LogP) is 3.81. The Labute approximate surface area is 176 Å². The Kier molecular flexibility index (Phi) is 5.79. The maximum absolute atomic E-state index is 12.6. The molecule has 154 valence electrons. The van der Waals surface area contributed by atoms with Crippen molar-refractivity contribution in [2.45, 2.75) is 6.92 Å². The lowest BCUT2D eigenvalue weighted by molar-refractivity contribution is 0.208. The predicted molar refractivity (Wildman–Crippen MR) is 118 cm³/mol.